The van der Waals surface area contributed by atoms with Crippen molar-refractivity contribution in [3.8, 4) is 0 Å². The van der Waals surface area contributed by atoms with Crippen molar-refractivity contribution >= 4 is 16.2 Å². The van der Waals surface area contributed by atoms with Crippen LogP contribution < -0.4 is 5.14 Å². The van der Waals surface area contributed by atoms with E-state index in [2.05, 4.69) is 4.99 Å². The van der Waals surface area contributed by atoms with Crippen LogP contribution in [0.4, 0.5) is 8.78 Å². The van der Waals surface area contributed by atoms with Crippen molar-refractivity contribution in [2.75, 3.05) is 6.54 Å². The molecule has 1 heterocycles. The normalized spacial score (nSPS) is 20.3. The zero-order valence-corrected chi connectivity index (χ0v) is 13.3. The number of benzene rings is 2. The molecule has 0 radical (unpaired) electrons. The number of nitrogens with zero attached hydrogens (tertiary/aromatic N) is 1. The van der Waals surface area contributed by atoms with E-state index < -0.39 is 32.0 Å². The summed E-state index contributed by atoms with van der Waals surface area (Å²) < 4.78 is 51.3. The Hall–Kier alpha value is -2.38. The summed E-state index contributed by atoms with van der Waals surface area (Å²) in [7, 11) is -4.49. The Labute approximate surface area is 138 Å². The predicted octanol–water partition coefficient (Wildman–Crippen LogP) is 2.54. The number of sulfonamides is 1. The molecule has 1 unspecified atom stereocenters. The van der Waals surface area contributed by atoms with Gasteiger partial charge in [-0.2, -0.15) is 0 Å². The Morgan fingerprint density at radius 1 is 1.04 bits per heavy atom. The highest BCUT2D eigenvalue weighted by Gasteiger charge is 2.35. The molecule has 1 atom stereocenters. The average molecular weight is 348 g/mol. The molecule has 2 aromatic carbocycles. The molecule has 1 aliphatic heterocycles. The Balaban J connectivity index is 2.25. The predicted molar refractivity (Wildman–Crippen MR) is 87.5 cm³/mol. The molecule has 24 heavy (non-hydrogen) atoms. The summed E-state index contributed by atoms with van der Waals surface area (Å²) in [6.45, 7) is 0.251. The van der Waals surface area contributed by atoms with Crippen molar-refractivity contribution in [3.05, 3.63) is 77.4 Å². The molecule has 1 aliphatic rings. The molecule has 0 saturated heterocycles. The lowest BCUT2D eigenvalue weighted by molar-refractivity contribution is 0.510. The number of hydrogen-bond donors (Lipinski definition) is 1. The molecule has 0 fully saturated rings. The Kier molecular flexibility index (Phi) is 4.06. The molecule has 0 amide bonds. The summed E-state index contributed by atoms with van der Waals surface area (Å²) in [5, 5.41) is 4.89. The van der Waals surface area contributed by atoms with Crippen LogP contribution in [0.1, 0.15) is 11.1 Å². The van der Waals surface area contributed by atoms with Crippen molar-refractivity contribution < 1.29 is 17.2 Å². The van der Waals surface area contributed by atoms with Gasteiger partial charge >= 0.3 is 0 Å². The Bertz CT molecular complexity index is 917. The van der Waals surface area contributed by atoms with E-state index in [0.29, 0.717) is 0 Å². The van der Waals surface area contributed by atoms with Gasteiger partial charge in [-0.05, 0) is 29.3 Å². The fourth-order valence-electron chi connectivity index (χ4n) is 2.88. The van der Waals surface area contributed by atoms with E-state index in [4.69, 9.17) is 5.14 Å². The second kappa shape index (κ2) is 5.92. The number of halogens is 2. The largest absolute Gasteiger partial charge is 0.292 e. The van der Waals surface area contributed by atoms with E-state index >= 15 is 0 Å². The van der Waals surface area contributed by atoms with E-state index in [1.54, 1.807) is 18.4 Å². The third-order valence-corrected chi connectivity index (χ3v) is 4.96. The van der Waals surface area contributed by atoms with E-state index in [1.165, 1.54) is 0 Å². The highest BCUT2D eigenvalue weighted by molar-refractivity contribution is 7.89. The Morgan fingerprint density at radius 3 is 2.17 bits per heavy atom. The smallest absolute Gasteiger partial charge is 0.243 e. The minimum Gasteiger partial charge on any atom is -0.292 e. The molecule has 2 N–H and O–H groups in total. The molecular formula is C17H14F2N2O2S. The topological polar surface area (TPSA) is 72.5 Å². The van der Waals surface area contributed by atoms with Gasteiger partial charge in [0, 0.05) is 6.21 Å². The van der Waals surface area contributed by atoms with Crippen LogP contribution in [0.3, 0.4) is 0 Å². The van der Waals surface area contributed by atoms with Crippen LogP contribution in [0.25, 0.3) is 0 Å². The molecule has 0 saturated carbocycles. The van der Waals surface area contributed by atoms with Crippen molar-refractivity contribution in [2.24, 2.45) is 10.1 Å². The second-order valence-corrected chi connectivity index (χ2v) is 7.00. The van der Waals surface area contributed by atoms with Crippen molar-refractivity contribution in [2.45, 2.75) is 10.3 Å². The summed E-state index contributed by atoms with van der Waals surface area (Å²) in [5.74, 6) is -2.43. The summed E-state index contributed by atoms with van der Waals surface area (Å²) in [6.07, 6.45) is 5.09. The number of dihydropyridines is 1. The number of aliphatic imine (C=N–C) groups is 1. The standard InChI is InChI=1S/C17H14F2N2O2S/c18-14-9-13(10-15(19)16(14)24(20,22)23)17(7-4-8-21-11-17)12-5-2-1-3-6-12/h1-10H,11H2,(H2,20,22,23). The first-order valence-electron chi connectivity index (χ1n) is 7.10. The van der Waals surface area contributed by atoms with Gasteiger partial charge in [-0.25, -0.2) is 22.3 Å². The van der Waals surface area contributed by atoms with Gasteiger partial charge in [0.25, 0.3) is 0 Å². The van der Waals surface area contributed by atoms with Crippen molar-refractivity contribution in [1.29, 1.82) is 0 Å². The third-order valence-electron chi connectivity index (χ3n) is 4.00. The Morgan fingerprint density at radius 2 is 1.67 bits per heavy atom. The van der Waals surface area contributed by atoms with Gasteiger partial charge in [0.15, 0.2) is 4.90 Å². The summed E-state index contributed by atoms with van der Waals surface area (Å²) in [5.41, 5.74) is 0.179. The van der Waals surface area contributed by atoms with Gasteiger partial charge in [0.2, 0.25) is 10.0 Å². The average Bonchev–Trinajstić information content (AvgIpc) is 2.54. The molecule has 0 aliphatic carbocycles. The molecule has 2 aromatic rings. The molecule has 0 aromatic heterocycles. The molecule has 4 nitrogen and oxygen atoms in total. The van der Waals surface area contributed by atoms with Crippen LogP contribution in [-0.2, 0) is 15.4 Å². The van der Waals surface area contributed by atoms with Crippen LogP contribution in [0.15, 0.2) is 64.5 Å². The summed E-state index contributed by atoms with van der Waals surface area (Å²) in [4.78, 5) is 3.09. The molecule has 3 rings (SSSR count). The maximum absolute atomic E-state index is 14.3. The minimum atomic E-state index is -4.49. The van der Waals surface area contributed by atoms with Gasteiger partial charge in [-0.1, -0.05) is 36.4 Å². The van der Waals surface area contributed by atoms with Crippen LogP contribution in [0.2, 0.25) is 0 Å². The third kappa shape index (κ3) is 2.76. The van der Waals surface area contributed by atoms with E-state index in [1.807, 2.05) is 30.3 Å². The van der Waals surface area contributed by atoms with Gasteiger partial charge < -0.3 is 0 Å². The van der Waals surface area contributed by atoms with E-state index in [-0.39, 0.29) is 12.1 Å². The van der Waals surface area contributed by atoms with Crippen LogP contribution in [0, 0.1) is 11.6 Å². The lowest BCUT2D eigenvalue weighted by Gasteiger charge is -2.32. The van der Waals surface area contributed by atoms with Crippen molar-refractivity contribution in [1.82, 2.24) is 0 Å². The van der Waals surface area contributed by atoms with Gasteiger partial charge in [0.1, 0.15) is 11.6 Å². The molecule has 0 bridgehead atoms. The second-order valence-electron chi connectivity index (χ2n) is 5.50. The molecule has 7 heteroatoms. The number of rotatable bonds is 3. The van der Waals surface area contributed by atoms with Gasteiger partial charge in [-0.3, -0.25) is 4.99 Å². The lowest BCUT2D eigenvalue weighted by Crippen LogP contribution is -2.31. The summed E-state index contributed by atoms with van der Waals surface area (Å²) in [6, 6.07) is 11.1. The summed E-state index contributed by atoms with van der Waals surface area (Å²) >= 11 is 0. The number of allylic oxidation sites excluding steroid dienone is 1. The van der Waals surface area contributed by atoms with E-state index in [9.17, 15) is 17.2 Å². The number of nitrogens with two attached hydrogens (primary N) is 1. The maximum atomic E-state index is 14.3. The highest BCUT2D eigenvalue weighted by atomic mass is 32.2. The zero-order chi connectivity index (χ0) is 17.4. The monoisotopic (exact) mass is 348 g/mol. The number of hydrogen-bond acceptors (Lipinski definition) is 3. The van der Waals surface area contributed by atoms with Gasteiger partial charge in [-0.15, -0.1) is 0 Å². The first-order chi connectivity index (χ1) is 11.3. The number of primary sulfonamides is 1. The first-order valence-corrected chi connectivity index (χ1v) is 8.65. The highest BCUT2D eigenvalue weighted by Crippen LogP contribution is 2.37. The fourth-order valence-corrected chi connectivity index (χ4v) is 3.55. The van der Waals surface area contributed by atoms with Crippen LogP contribution >= 0.6 is 0 Å². The molecular weight excluding hydrogens is 334 g/mol. The quantitative estimate of drug-likeness (QED) is 0.926. The van der Waals surface area contributed by atoms with Gasteiger partial charge in [0.05, 0.1) is 12.0 Å². The molecule has 0 spiro atoms. The first kappa shape index (κ1) is 16.5. The minimum absolute atomic E-state index is 0.251. The van der Waals surface area contributed by atoms with E-state index in [0.717, 1.165) is 17.7 Å². The SMILES string of the molecule is NS(=O)(=O)c1c(F)cc(C2(c3ccccc3)C=CC=NC2)cc1F. The maximum Gasteiger partial charge on any atom is 0.243 e. The van der Waals surface area contributed by atoms with Crippen LogP contribution in [-0.4, -0.2) is 21.2 Å². The lowest BCUT2D eigenvalue weighted by atomic mass is 9.73. The molecule has 124 valence electrons. The zero-order valence-electron chi connectivity index (χ0n) is 12.5. The van der Waals surface area contributed by atoms with Crippen molar-refractivity contribution in [3.63, 3.8) is 0 Å². The van der Waals surface area contributed by atoms with Crippen LogP contribution in [0.5, 0.6) is 0 Å². The fraction of sp³-hybridized carbons (Fsp3) is 0.118.